The average Bonchev–Trinajstić information content (AvgIpc) is 2.80. The van der Waals surface area contributed by atoms with E-state index in [0.717, 1.165) is 18.2 Å². The Bertz CT molecular complexity index is 348. The Labute approximate surface area is 117 Å². The SMILES string of the molecule is CC1CCCC(NCC(c2ccco2)N(C)C)CC1. The average molecular weight is 264 g/mol. The molecule has 0 spiro atoms. The molecular weight excluding hydrogens is 236 g/mol. The first-order valence-corrected chi connectivity index (χ1v) is 7.60. The topological polar surface area (TPSA) is 28.4 Å². The molecule has 1 aromatic heterocycles. The van der Waals surface area contributed by atoms with Crippen molar-refractivity contribution >= 4 is 0 Å². The van der Waals surface area contributed by atoms with Crippen molar-refractivity contribution in [3.05, 3.63) is 24.2 Å². The van der Waals surface area contributed by atoms with E-state index in [1.165, 1.54) is 32.1 Å². The van der Waals surface area contributed by atoms with Crippen LogP contribution >= 0.6 is 0 Å². The maximum Gasteiger partial charge on any atom is 0.122 e. The van der Waals surface area contributed by atoms with E-state index in [2.05, 4.69) is 37.3 Å². The second-order valence-corrected chi connectivity index (χ2v) is 6.21. The third-order valence-electron chi connectivity index (χ3n) is 4.35. The highest BCUT2D eigenvalue weighted by Crippen LogP contribution is 2.24. The standard InChI is InChI=1S/C16H28N2O/c1-13-6-4-7-14(10-9-13)17-12-15(18(2)3)16-8-5-11-19-16/h5,8,11,13-15,17H,4,6-7,9-10,12H2,1-3H3. The lowest BCUT2D eigenvalue weighted by atomic mass is 10.0. The summed E-state index contributed by atoms with van der Waals surface area (Å²) in [5.41, 5.74) is 0. The Kier molecular flexibility index (Phi) is 5.46. The lowest BCUT2D eigenvalue weighted by molar-refractivity contribution is 0.240. The lowest BCUT2D eigenvalue weighted by Crippen LogP contribution is -2.36. The van der Waals surface area contributed by atoms with Crippen molar-refractivity contribution in [1.82, 2.24) is 10.2 Å². The van der Waals surface area contributed by atoms with Crippen LogP contribution in [0.4, 0.5) is 0 Å². The van der Waals surface area contributed by atoms with Crippen LogP contribution in [0, 0.1) is 5.92 Å². The van der Waals surface area contributed by atoms with Gasteiger partial charge in [-0.25, -0.2) is 0 Å². The molecule has 1 heterocycles. The Morgan fingerprint density at radius 2 is 2.16 bits per heavy atom. The summed E-state index contributed by atoms with van der Waals surface area (Å²) in [6.45, 7) is 3.35. The predicted molar refractivity (Wildman–Crippen MR) is 79.2 cm³/mol. The van der Waals surface area contributed by atoms with Crippen LogP contribution in [0.1, 0.15) is 50.8 Å². The van der Waals surface area contributed by atoms with Crippen LogP contribution in [0.3, 0.4) is 0 Å². The predicted octanol–water partition coefficient (Wildman–Crippen LogP) is 3.44. The highest BCUT2D eigenvalue weighted by Gasteiger charge is 2.20. The normalized spacial score (nSPS) is 26.3. The molecule has 1 N–H and O–H groups in total. The van der Waals surface area contributed by atoms with E-state index >= 15 is 0 Å². The fraction of sp³-hybridized carbons (Fsp3) is 0.750. The first kappa shape index (κ1) is 14.6. The molecule has 1 fully saturated rings. The van der Waals surface area contributed by atoms with Crippen LogP contribution in [0.25, 0.3) is 0 Å². The molecule has 1 aliphatic carbocycles. The Balaban J connectivity index is 1.85. The van der Waals surface area contributed by atoms with Gasteiger partial charge in [-0.15, -0.1) is 0 Å². The van der Waals surface area contributed by atoms with Crippen molar-refractivity contribution < 1.29 is 4.42 Å². The van der Waals surface area contributed by atoms with Crippen molar-refractivity contribution in [2.75, 3.05) is 20.6 Å². The molecule has 0 bridgehead atoms. The molecule has 1 saturated carbocycles. The first-order valence-electron chi connectivity index (χ1n) is 7.60. The van der Waals surface area contributed by atoms with Crippen molar-refractivity contribution in [2.45, 2.75) is 51.1 Å². The van der Waals surface area contributed by atoms with Gasteiger partial charge in [-0.05, 0) is 51.4 Å². The molecule has 3 unspecified atom stereocenters. The maximum absolute atomic E-state index is 5.56. The summed E-state index contributed by atoms with van der Waals surface area (Å²) >= 11 is 0. The molecular formula is C16H28N2O. The minimum absolute atomic E-state index is 0.329. The van der Waals surface area contributed by atoms with Gasteiger partial charge in [0.05, 0.1) is 12.3 Å². The number of furan rings is 1. The summed E-state index contributed by atoms with van der Waals surface area (Å²) in [5, 5.41) is 3.75. The zero-order valence-corrected chi connectivity index (χ0v) is 12.6. The van der Waals surface area contributed by atoms with Crippen molar-refractivity contribution in [3.8, 4) is 0 Å². The van der Waals surface area contributed by atoms with Crippen LogP contribution in [-0.4, -0.2) is 31.6 Å². The highest BCUT2D eigenvalue weighted by atomic mass is 16.3. The number of likely N-dealkylation sites (N-methyl/N-ethyl adjacent to an activating group) is 1. The molecule has 0 amide bonds. The molecule has 1 aliphatic rings. The Morgan fingerprint density at radius 1 is 1.32 bits per heavy atom. The van der Waals surface area contributed by atoms with E-state index in [1.807, 2.05) is 6.07 Å². The Hall–Kier alpha value is -0.800. The van der Waals surface area contributed by atoms with E-state index in [4.69, 9.17) is 4.42 Å². The zero-order chi connectivity index (χ0) is 13.7. The minimum Gasteiger partial charge on any atom is -0.468 e. The van der Waals surface area contributed by atoms with E-state index < -0.39 is 0 Å². The highest BCUT2D eigenvalue weighted by molar-refractivity contribution is 5.05. The van der Waals surface area contributed by atoms with Gasteiger partial charge in [0.2, 0.25) is 0 Å². The third kappa shape index (κ3) is 4.36. The molecule has 0 saturated heterocycles. The first-order chi connectivity index (χ1) is 9.16. The van der Waals surface area contributed by atoms with Gasteiger partial charge in [-0.2, -0.15) is 0 Å². The molecule has 3 heteroatoms. The van der Waals surface area contributed by atoms with Crippen LogP contribution in [0.2, 0.25) is 0 Å². The molecule has 108 valence electrons. The molecule has 3 nitrogen and oxygen atoms in total. The summed E-state index contributed by atoms with van der Waals surface area (Å²) in [4.78, 5) is 2.23. The molecule has 0 aliphatic heterocycles. The molecule has 1 aromatic rings. The summed E-state index contributed by atoms with van der Waals surface area (Å²) in [6.07, 6.45) is 8.53. The van der Waals surface area contributed by atoms with Crippen molar-refractivity contribution in [3.63, 3.8) is 0 Å². The van der Waals surface area contributed by atoms with E-state index in [1.54, 1.807) is 6.26 Å². The third-order valence-corrected chi connectivity index (χ3v) is 4.35. The van der Waals surface area contributed by atoms with Crippen LogP contribution < -0.4 is 5.32 Å². The van der Waals surface area contributed by atoms with Crippen molar-refractivity contribution in [1.29, 1.82) is 0 Å². The maximum atomic E-state index is 5.56. The van der Waals surface area contributed by atoms with E-state index in [0.29, 0.717) is 12.1 Å². The molecule has 0 radical (unpaired) electrons. The summed E-state index contributed by atoms with van der Waals surface area (Å²) in [7, 11) is 4.23. The van der Waals surface area contributed by atoms with E-state index in [9.17, 15) is 0 Å². The fourth-order valence-electron chi connectivity index (χ4n) is 2.99. The number of nitrogens with one attached hydrogen (secondary N) is 1. The van der Waals surface area contributed by atoms with Gasteiger partial charge in [0.15, 0.2) is 0 Å². The quantitative estimate of drug-likeness (QED) is 0.826. The number of hydrogen-bond donors (Lipinski definition) is 1. The van der Waals surface area contributed by atoms with Gasteiger partial charge in [-0.3, -0.25) is 4.90 Å². The largest absolute Gasteiger partial charge is 0.468 e. The van der Waals surface area contributed by atoms with Crippen LogP contribution in [0.15, 0.2) is 22.8 Å². The second kappa shape index (κ2) is 7.11. The molecule has 0 aromatic carbocycles. The van der Waals surface area contributed by atoms with Crippen molar-refractivity contribution in [2.24, 2.45) is 5.92 Å². The van der Waals surface area contributed by atoms with Crippen LogP contribution in [0.5, 0.6) is 0 Å². The number of rotatable bonds is 5. The van der Waals surface area contributed by atoms with Gasteiger partial charge < -0.3 is 9.73 Å². The van der Waals surface area contributed by atoms with Gasteiger partial charge in [-0.1, -0.05) is 19.8 Å². The van der Waals surface area contributed by atoms with E-state index in [-0.39, 0.29) is 0 Å². The summed E-state index contributed by atoms with van der Waals surface area (Å²) < 4.78 is 5.56. The molecule has 3 atom stereocenters. The van der Waals surface area contributed by atoms with Gasteiger partial charge in [0.1, 0.15) is 5.76 Å². The molecule has 2 rings (SSSR count). The van der Waals surface area contributed by atoms with Gasteiger partial charge >= 0.3 is 0 Å². The lowest BCUT2D eigenvalue weighted by Gasteiger charge is -2.25. The van der Waals surface area contributed by atoms with Crippen LogP contribution in [-0.2, 0) is 0 Å². The number of hydrogen-bond acceptors (Lipinski definition) is 3. The smallest absolute Gasteiger partial charge is 0.122 e. The Morgan fingerprint density at radius 3 is 2.84 bits per heavy atom. The fourth-order valence-corrected chi connectivity index (χ4v) is 2.99. The van der Waals surface area contributed by atoms with Gasteiger partial charge in [0.25, 0.3) is 0 Å². The van der Waals surface area contributed by atoms with Gasteiger partial charge in [0, 0.05) is 12.6 Å². The molecule has 19 heavy (non-hydrogen) atoms. The minimum atomic E-state index is 0.329. The number of nitrogens with zero attached hydrogens (tertiary/aromatic N) is 1. The summed E-state index contributed by atoms with van der Waals surface area (Å²) in [5.74, 6) is 1.96. The second-order valence-electron chi connectivity index (χ2n) is 6.21. The summed E-state index contributed by atoms with van der Waals surface area (Å²) in [6, 6.07) is 5.05. The zero-order valence-electron chi connectivity index (χ0n) is 12.6. The monoisotopic (exact) mass is 264 g/mol.